The highest BCUT2D eigenvalue weighted by atomic mass is 16.7. The van der Waals surface area contributed by atoms with Crippen LogP contribution in [0.3, 0.4) is 0 Å². The minimum Gasteiger partial charge on any atom is -0.481 e. The zero-order valence-electron chi connectivity index (χ0n) is 8.01. The monoisotopic (exact) mass is 195 g/mol. The van der Waals surface area contributed by atoms with E-state index in [-0.39, 0.29) is 6.42 Å². The van der Waals surface area contributed by atoms with Crippen molar-refractivity contribution in [1.82, 2.24) is 0 Å². The maximum Gasteiger partial charge on any atom is 0.305 e. The van der Waals surface area contributed by atoms with Gasteiger partial charge in [-0.2, -0.15) is 0 Å². The summed E-state index contributed by atoms with van der Waals surface area (Å²) in [5.41, 5.74) is 0.858. The Labute approximate surface area is 82.7 Å². The molecule has 1 N–H and O–H groups in total. The van der Waals surface area contributed by atoms with E-state index in [4.69, 9.17) is 9.94 Å². The predicted octanol–water partition coefficient (Wildman–Crippen LogP) is 1.53. The molecular weight excluding hydrogens is 182 g/mol. The van der Waals surface area contributed by atoms with Crippen molar-refractivity contribution in [2.45, 2.75) is 6.42 Å². The van der Waals surface area contributed by atoms with Crippen LogP contribution in [-0.2, 0) is 9.63 Å². The van der Waals surface area contributed by atoms with Gasteiger partial charge in [0.1, 0.15) is 0 Å². The fraction of sp³-hybridized carbons (Fsp3) is 0.300. The van der Waals surface area contributed by atoms with Crippen molar-refractivity contribution in [1.29, 1.82) is 0 Å². The third-order valence-corrected chi connectivity index (χ3v) is 1.79. The van der Waals surface area contributed by atoms with Crippen molar-refractivity contribution >= 4 is 11.7 Å². The van der Waals surface area contributed by atoms with Gasteiger partial charge in [0, 0.05) is 0 Å². The number of rotatable bonds is 5. The SMILES string of the molecule is CON(CCC(=O)O)c1ccccc1. The summed E-state index contributed by atoms with van der Waals surface area (Å²) in [6.07, 6.45) is 0.0583. The summed E-state index contributed by atoms with van der Waals surface area (Å²) in [6, 6.07) is 9.38. The van der Waals surface area contributed by atoms with Crippen LogP contribution in [0.2, 0.25) is 0 Å². The quantitative estimate of drug-likeness (QED) is 0.724. The first kappa shape index (κ1) is 10.5. The van der Waals surface area contributed by atoms with Crippen molar-refractivity contribution in [3.05, 3.63) is 30.3 Å². The number of carboxylic acids is 1. The van der Waals surface area contributed by atoms with Gasteiger partial charge in [0.05, 0.1) is 25.8 Å². The van der Waals surface area contributed by atoms with E-state index in [0.29, 0.717) is 6.54 Å². The molecule has 0 saturated heterocycles. The fourth-order valence-corrected chi connectivity index (χ4v) is 1.12. The highest BCUT2D eigenvalue weighted by Gasteiger charge is 2.06. The smallest absolute Gasteiger partial charge is 0.305 e. The number of aliphatic carboxylic acids is 1. The number of nitrogens with zero attached hydrogens (tertiary/aromatic N) is 1. The summed E-state index contributed by atoms with van der Waals surface area (Å²) in [6.45, 7) is 0.343. The van der Waals surface area contributed by atoms with Gasteiger partial charge < -0.3 is 5.11 Å². The first-order chi connectivity index (χ1) is 6.74. The molecule has 0 heterocycles. The molecule has 0 aliphatic rings. The van der Waals surface area contributed by atoms with Crippen LogP contribution in [0.15, 0.2) is 30.3 Å². The van der Waals surface area contributed by atoms with Crippen LogP contribution < -0.4 is 5.06 Å². The third-order valence-electron chi connectivity index (χ3n) is 1.79. The molecule has 0 aromatic heterocycles. The van der Waals surface area contributed by atoms with Gasteiger partial charge >= 0.3 is 5.97 Å². The molecular formula is C10H13NO3. The second-order valence-electron chi connectivity index (χ2n) is 2.76. The van der Waals surface area contributed by atoms with Crippen LogP contribution in [0, 0.1) is 0 Å². The molecule has 0 spiro atoms. The molecule has 1 aromatic carbocycles. The Morgan fingerprint density at radius 2 is 2.07 bits per heavy atom. The molecule has 4 heteroatoms. The number of carbonyl (C=O) groups is 1. The van der Waals surface area contributed by atoms with E-state index in [9.17, 15) is 4.79 Å². The molecule has 14 heavy (non-hydrogen) atoms. The number of para-hydroxylation sites is 1. The first-order valence-electron chi connectivity index (χ1n) is 4.32. The molecule has 4 nitrogen and oxygen atoms in total. The molecule has 76 valence electrons. The standard InChI is InChI=1S/C10H13NO3/c1-14-11(8-7-10(12)13)9-5-3-2-4-6-9/h2-6H,7-8H2,1H3,(H,12,13). The molecule has 1 aromatic rings. The third kappa shape index (κ3) is 3.06. The Kier molecular flexibility index (Phi) is 3.94. The van der Waals surface area contributed by atoms with Gasteiger partial charge in [0.15, 0.2) is 0 Å². The Morgan fingerprint density at radius 3 is 2.57 bits per heavy atom. The highest BCUT2D eigenvalue weighted by Crippen LogP contribution is 2.12. The fourth-order valence-electron chi connectivity index (χ4n) is 1.12. The molecule has 0 amide bonds. The summed E-state index contributed by atoms with van der Waals surface area (Å²) in [5, 5.41) is 10.1. The summed E-state index contributed by atoms with van der Waals surface area (Å²) >= 11 is 0. The molecule has 0 radical (unpaired) electrons. The number of hydrogen-bond acceptors (Lipinski definition) is 3. The van der Waals surface area contributed by atoms with Crippen molar-refractivity contribution in [2.24, 2.45) is 0 Å². The van der Waals surface area contributed by atoms with Crippen LogP contribution in [0.4, 0.5) is 5.69 Å². The number of carboxylic acid groups (broad SMARTS) is 1. The van der Waals surface area contributed by atoms with Gasteiger partial charge in [-0.25, -0.2) is 0 Å². The van der Waals surface area contributed by atoms with E-state index >= 15 is 0 Å². The Hall–Kier alpha value is -1.55. The molecule has 0 unspecified atom stereocenters. The average Bonchev–Trinajstić information content (AvgIpc) is 2.20. The predicted molar refractivity (Wildman–Crippen MR) is 53.0 cm³/mol. The molecule has 0 bridgehead atoms. The van der Waals surface area contributed by atoms with Crippen LogP contribution in [0.1, 0.15) is 6.42 Å². The second kappa shape index (κ2) is 5.24. The average molecular weight is 195 g/mol. The van der Waals surface area contributed by atoms with Crippen LogP contribution >= 0.6 is 0 Å². The zero-order valence-corrected chi connectivity index (χ0v) is 8.01. The van der Waals surface area contributed by atoms with Crippen LogP contribution in [0.5, 0.6) is 0 Å². The first-order valence-corrected chi connectivity index (χ1v) is 4.32. The van der Waals surface area contributed by atoms with Crippen molar-refractivity contribution in [3.63, 3.8) is 0 Å². The molecule has 0 aliphatic carbocycles. The van der Waals surface area contributed by atoms with E-state index in [1.165, 1.54) is 7.11 Å². The normalized spacial score (nSPS) is 9.79. The van der Waals surface area contributed by atoms with Gasteiger partial charge in [-0.15, -0.1) is 0 Å². The van der Waals surface area contributed by atoms with Gasteiger partial charge in [0.2, 0.25) is 0 Å². The number of benzene rings is 1. The molecule has 1 rings (SSSR count). The molecule has 0 aliphatic heterocycles. The van der Waals surface area contributed by atoms with E-state index in [1.807, 2.05) is 30.3 Å². The molecule has 0 atom stereocenters. The minimum absolute atomic E-state index is 0.0583. The van der Waals surface area contributed by atoms with Crippen molar-refractivity contribution in [2.75, 3.05) is 18.7 Å². The van der Waals surface area contributed by atoms with Gasteiger partial charge in [-0.1, -0.05) is 18.2 Å². The lowest BCUT2D eigenvalue weighted by Crippen LogP contribution is -2.24. The minimum atomic E-state index is -0.831. The van der Waals surface area contributed by atoms with E-state index in [2.05, 4.69) is 0 Å². The van der Waals surface area contributed by atoms with Crippen molar-refractivity contribution in [3.8, 4) is 0 Å². The topological polar surface area (TPSA) is 49.8 Å². The maximum absolute atomic E-state index is 10.4. The summed E-state index contributed by atoms with van der Waals surface area (Å²) in [7, 11) is 1.52. The lowest BCUT2D eigenvalue weighted by Gasteiger charge is -2.20. The summed E-state index contributed by atoms with van der Waals surface area (Å²) < 4.78 is 0. The van der Waals surface area contributed by atoms with E-state index in [0.717, 1.165) is 5.69 Å². The highest BCUT2D eigenvalue weighted by molar-refractivity contribution is 5.67. The zero-order chi connectivity index (χ0) is 10.4. The lowest BCUT2D eigenvalue weighted by atomic mass is 10.3. The van der Waals surface area contributed by atoms with E-state index < -0.39 is 5.97 Å². The van der Waals surface area contributed by atoms with Crippen molar-refractivity contribution < 1.29 is 14.7 Å². The number of anilines is 1. The summed E-state index contributed by atoms with van der Waals surface area (Å²) in [4.78, 5) is 15.4. The van der Waals surface area contributed by atoms with Gasteiger partial charge in [-0.3, -0.25) is 14.7 Å². The lowest BCUT2D eigenvalue weighted by molar-refractivity contribution is -0.137. The van der Waals surface area contributed by atoms with Gasteiger partial charge in [-0.05, 0) is 12.1 Å². The second-order valence-corrected chi connectivity index (χ2v) is 2.76. The summed E-state index contributed by atoms with van der Waals surface area (Å²) in [5.74, 6) is -0.831. The Balaban J connectivity index is 2.58. The number of hydrogen-bond donors (Lipinski definition) is 1. The Bertz CT molecular complexity index is 287. The van der Waals surface area contributed by atoms with E-state index in [1.54, 1.807) is 5.06 Å². The van der Waals surface area contributed by atoms with Gasteiger partial charge in [0.25, 0.3) is 0 Å². The molecule has 0 saturated carbocycles. The maximum atomic E-state index is 10.4. The van der Waals surface area contributed by atoms with Crippen LogP contribution in [0.25, 0.3) is 0 Å². The molecule has 0 fully saturated rings. The largest absolute Gasteiger partial charge is 0.481 e. The number of hydroxylamine groups is 1. The Morgan fingerprint density at radius 1 is 1.43 bits per heavy atom. The van der Waals surface area contributed by atoms with Crippen LogP contribution in [-0.4, -0.2) is 24.7 Å².